The molecule has 94 valence electrons. The van der Waals surface area contributed by atoms with Crippen molar-refractivity contribution in [2.24, 2.45) is 0 Å². The van der Waals surface area contributed by atoms with E-state index in [1.165, 1.54) is 11.4 Å². The number of rotatable bonds is 5. The normalized spacial score (nSPS) is 18.3. The van der Waals surface area contributed by atoms with Gasteiger partial charge >= 0.3 is 5.97 Å². The van der Waals surface area contributed by atoms with E-state index in [9.17, 15) is 13.2 Å². The molecule has 1 heterocycles. The maximum atomic E-state index is 11.8. The van der Waals surface area contributed by atoms with Gasteiger partial charge in [-0.15, -0.1) is 0 Å². The minimum atomic E-state index is -3.20. The molecule has 0 bridgehead atoms. The zero-order chi connectivity index (χ0) is 12.0. The van der Waals surface area contributed by atoms with Crippen molar-refractivity contribution in [3.05, 3.63) is 0 Å². The molecule has 1 aliphatic heterocycles. The highest BCUT2D eigenvalue weighted by Crippen LogP contribution is 2.06. The first-order valence-corrected chi connectivity index (χ1v) is 6.92. The zero-order valence-electron chi connectivity index (χ0n) is 9.44. The molecular formula is C9H18N2O4S. The Bertz CT molecular complexity index is 322. The van der Waals surface area contributed by atoms with Crippen LogP contribution in [0.25, 0.3) is 0 Å². The van der Waals surface area contributed by atoms with Crippen molar-refractivity contribution in [1.29, 1.82) is 0 Å². The molecule has 1 N–H and O–H groups in total. The third-order valence-corrected chi connectivity index (χ3v) is 4.44. The third kappa shape index (κ3) is 4.07. The van der Waals surface area contributed by atoms with Gasteiger partial charge in [0.25, 0.3) is 0 Å². The summed E-state index contributed by atoms with van der Waals surface area (Å²) in [5, 5.41) is 3.09. The Labute approximate surface area is 96.0 Å². The number of piperazine rings is 1. The van der Waals surface area contributed by atoms with Gasteiger partial charge in [-0.05, 0) is 6.42 Å². The van der Waals surface area contributed by atoms with Gasteiger partial charge in [0.15, 0.2) is 0 Å². The fourth-order valence-electron chi connectivity index (χ4n) is 1.55. The molecule has 0 saturated carbocycles. The van der Waals surface area contributed by atoms with Gasteiger partial charge in [-0.2, -0.15) is 4.31 Å². The largest absolute Gasteiger partial charge is 0.469 e. The van der Waals surface area contributed by atoms with Crippen LogP contribution in [0.15, 0.2) is 0 Å². The molecule has 0 aromatic heterocycles. The number of carbonyl (C=O) groups excluding carboxylic acids is 1. The van der Waals surface area contributed by atoms with Crippen LogP contribution in [0.3, 0.4) is 0 Å². The number of nitrogens with zero attached hydrogens (tertiary/aromatic N) is 1. The summed E-state index contributed by atoms with van der Waals surface area (Å²) in [6.45, 7) is 2.41. The number of esters is 1. The van der Waals surface area contributed by atoms with Gasteiger partial charge in [0, 0.05) is 32.6 Å². The van der Waals surface area contributed by atoms with E-state index in [-0.39, 0.29) is 18.1 Å². The monoisotopic (exact) mass is 250 g/mol. The number of methoxy groups -OCH3 is 1. The fourth-order valence-corrected chi connectivity index (χ4v) is 3.06. The van der Waals surface area contributed by atoms with Gasteiger partial charge in [0.05, 0.1) is 12.9 Å². The first-order valence-electron chi connectivity index (χ1n) is 5.31. The van der Waals surface area contributed by atoms with Crippen LogP contribution in [-0.4, -0.2) is 57.7 Å². The van der Waals surface area contributed by atoms with E-state index in [1.807, 2.05) is 0 Å². The Morgan fingerprint density at radius 2 is 2.00 bits per heavy atom. The van der Waals surface area contributed by atoms with Crippen LogP contribution in [0.1, 0.15) is 12.8 Å². The highest BCUT2D eigenvalue weighted by atomic mass is 32.2. The summed E-state index contributed by atoms with van der Waals surface area (Å²) in [6.07, 6.45) is 0.473. The van der Waals surface area contributed by atoms with E-state index in [0.717, 1.165) is 0 Å². The van der Waals surface area contributed by atoms with Gasteiger partial charge in [0.2, 0.25) is 10.0 Å². The molecule has 0 radical (unpaired) electrons. The number of sulfonamides is 1. The first kappa shape index (κ1) is 13.4. The van der Waals surface area contributed by atoms with Gasteiger partial charge < -0.3 is 10.1 Å². The summed E-state index contributed by atoms with van der Waals surface area (Å²) < 4.78 is 29.5. The highest BCUT2D eigenvalue weighted by Gasteiger charge is 2.23. The molecule has 1 aliphatic rings. The molecule has 0 aromatic rings. The van der Waals surface area contributed by atoms with Crippen molar-refractivity contribution >= 4 is 16.0 Å². The van der Waals surface area contributed by atoms with E-state index in [0.29, 0.717) is 32.6 Å². The maximum absolute atomic E-state index is 11.8. The average Bonchev–Trinajstić information content (AvgIpc) is 2.30. The standard InChI is InChI=1S/C9H18N2O4S/c1-15-9(12)3-2-8-16(13,14)11-6-4-10-5-7-11/h10H,2-8H2,1H3. The lowest BCUT2D eigenvalue weighted by Crippen LogP contribution is -2.47. The minimum absolute atomic E-state index is 0.0160. The summed E-state index contributed by atoms with van der Waals surface area (Å²) in [5.74, 6) is -0.349. The van der Waals surface area contributed by atoms with Crippen molar-refractivity contribution in [1.82, 2.24) is 9.62 Å². The van der Waals surface area contributed by atoms with E-state index in [1.54, 1.807) is 0 Å². The molecule has 6 nitrogen and oxygen atoms in total. The van der Waals surface area contributed by atoms with Crippen molar-refractivity contribution < 1.29 is 17.9 Å². The minimum Gasteiger partial charge on any atom is -0.469 e. The van der Waals surface area contributed by atoms with Crippen molar-refractivity contribution in [2.75, 3.05) is 39.0 Å². The predicted molar refractivity (Wildman–Crippen MR) is 59.5 cm³/mol. The summed E-state index contributed by atoms with van der Waals surface area (Å²) in [7, 11) is -1.90. The van der Waals surface area contributed by atoms with Gasteiger partial charge in [-0.25, -0.2) is 8.42 Å². The van der Waals surface area contributed by atoms with E-state index in [4.69, 9.17) is 0 Å². The Hall–Kier alpha value is -0.660. The van der Waals surface area contributed by atoms with Crippen molar-refractivity contribution in [3.8, 4) is 0 Å². The Morgan fingerprint density at radius 3 is 2.56 bits per heavy atom. The molecule has 0 amide bonds. The Balaban J connectivity index is 2.36. The second-order valence-electron chi connectivity index (χ2n) is 3.64. The number of nitrogens with one attached hydrogen (secondary N) is 1. The zero-order valence-corrected chi connectivity index (χ0v) is 10.3. The van der Waals surface area contributed by atoms with E-state index >= 15 is 0 Å². The van der Waals surface area contributed by atoms with Crippen molar-refractivity contribution in [3.63, 3.8) is 0 Å². The molecular weight excluding hydrogens is 232 g/mol. The first-order chi connectivity index (χ1) is 7.56. The second-order valence-corrected chi connectivity index (χ2v) is 5.73. The number of ether oxygens (including phenoxy) is 1. The summed E-state index contributed by atoms with van der Waals surface area (Å²) in [4.78, 5) is 10.8. The number of hydrogen-bond acceptors (Lipinski definition) is 5. The molecule has 1 fully saturated rings. The molecule has 0 aromatic carbocycles. The molecule has 0 unspecified atom stereocenters. The Morgan fingerprint density at radius 1 is 1.38 bits per heavy atom. The van der Waals surface area contributed by atoms with Crippen molar-refractivity contribution in [2.45, 2.75) is 12.8 Å². The molecule has 0 atom stereocenters. The summed E-state index contributed by atoms with van der Waals surface area (Å²) in [6, 6.07) is 0. The molecule has 1 rings (SSSR count). The number of carbonyl (C=O) groups is 1. The van der Waals surface area contributed by atoms with Crippen LogP contribution in [0.4, 0.5) is 0 Å². The summed E-state index contributed by atoms with van der Waals surface area (Å²) >= 11 is 0. The molecule has 16 heavy (non-hydrogen) atoms. The summed E-state index contributed by atoms with van der Waals surface area (Å²) in [5.41, 5.74) is 0. The molecule has 1 saturated heterocycles. The number of hydrogen-bond donors (Lipinski definition) is 1. The van der Waals surface area contributed by atoms with Crippen LogP contribution in [-0.2, 0) is 19.6 Å². The lowest BCUT2D eigenvalue weighted by atomic mass is 10.3. The third-order valence-electron chi connectivity index (χ3n) is 2.48. The predicted octanol–water partition coefficient (Wildman–Crippen LogP) is -0.825. The average molecular weight is 250 g/mol. The second kappa shape index (κ2) is 6.17. The Kier molecular flexibility index (Phi) is 5.17. The van der Waals surface area contributed by atoms with Gasteiger partial charge in [-0.1, -0.05) is 0 Å². The van der Waals surface area contributed by atoms with E-state index in [2.05, 4.69) is 10.1 Å². The van der Waals surface area contributed by atoms with Crippen LogP contribution in [0.5, 0.6) is 0 Å². The van der Waals surface area contributed by atoms with E-state index < -0.39 is 10.0 Å². The van der Waals surface area contributed by atoms with Crippen LogP contribution >= 0.6 is 0 Å². The van der Waals surface area contributed by atoms with Crippen LogP contribution < -0.4 is 5.32 Å². The topological polar surface area (TPSA) is 75.7 Å². The highest BCUT2D eigenvalue weighted by molar-refractivity contribution is 7.89. The molecule has 0 spiro atoms. The quantitative estimate of drug-likeness (QED) is 0.645. The molecule has 0 aliphatic carbocycles. The fraction of sp³-hybridized carbons (Fsp3) is 0.889. The van der Waals surface area contributed by atoms with Crippen LogP contribution in [0.2, 0.25) is 0 Å². The smallest absolute Gasteiger partial charge is 0.305 e. The van der Waals surface area contributed by atoms with Gasteiger partial charge in [0.1, 0.15) is 0 Å². The molecule has 7 heteroatoms. The SMILES string of the molecule is COC(=O)CCCS(=O)(=O)N1CCNCC1. The lowest BCUT2D eigenvalue weighted by Gasteiger charge is -2.26. The lowest BCUT2D eigenvalue weighted by molar-refractivity contribution is -0.140. The van der Waals surface area contributed by atoms with Gasteiger partial charge in [-0.3, -0.25) is 4.79 Å². The maximum Gasteiger partial charge on any atom is 0.305 e. The van der Waals surface area contributed by atoms with Crippen LogP contribution in [0, 0.1) is 0 Å².